The Morgan fingerprint density at radius 2 is 0.939 bits per heavy atom. The normalized spacial score (nSPS) is 20.9. The summed E-state index contributed by atoms with van der Waals surface area (Å²) in [6.07, 6.45) is -0.236. The molecule has 0 radical (unpaired) electrons. The summed E-state index contributed by atoms with van der Waals surface area (Å²) in [7, 11) is 0. The van der Waals surface area contributed by atoms with Crippen molar-refractivity contribution in [2.75, 3.05) is 19.7 Å². The highest BCUT2D eigenvalue weighted by Crippen LogP contribution is 2.46. The van der Waals surface area contributed by atoms with Gasteiger partial charge in [0.05, 0.1) is 34.5 Å². The average molecular weight is 644 g/mol. The number of amides is 4. The topological polar surface area (TPSA) is 93.6 Å². The highest BCUT2D eigenvalue weighted by molar-refractivity contribution is 6.33. The number of amidine groups is 1. The van der Waals surface area contributed by atoms with Crippen LogP contribution in [0.4, 0.5) is 22.7 Å². The molecule has 2 unspecified atom stereocenters. The van der Waals surface area contributed by atoms with Gasteiger partial charge in [-0.3, -0.25) is 29.0 Å². The van der Waals surface area contributed by atoms with E-state index in [0.29, 0.717) is 34.4 Å². The fourth-order valence-corrected chi connectivity index (χ4v) is 6.77. The molecule has 9 nitrogen and oxygen atoms in total. The van der Waals surface area contributed by atoms with Crippen LogP contribution in [0.2, 0.25) is 0 Å². The lowest BCUT2D eigenvalue weighted by Crippen LogP contribution is -2.37. The minimum absolute atomic E-state index is 0.0808. The maximum Gasteiger partial charge on any atom is 0.265 e. The molecule has 9 heteroatoms. The zero-order valence-corrected chi connectivity index (χ0v) is 26.2. The largest absolute Gasteiger partial charge is 0.277 e. The van der Waals surface area contributed by atoms with Crippen molar-refractivity contribution in [3.63, 3.8) is 0 Å². The third kappa shape index (κ3) is 4.99. The van der Waals surface area contributed by atoms with E-state index in [-0.39, 0.29) is 12.0 Å². The van der Waals surface area contributed by atoms with Crippen molar-refractivity contribution in [2.24, 2.45) is 16.9 Å². The minimum atomic E-state index is -1.28. The van der Waals surface area contributed by atoms with Gasteiger partial charge in [0.15, 0.2) is 11.7 Å². The number of hydrogen-bond donors (Lipinski definition) is 0. The fourth-order valence-electron chi connectivity index (χ4n) is 6.77. The van der Waals surface area contributed by atoms with Crippen molar-refractivity contribution >= 4 is 52.2 Å². The van der Waals surface area contributed by atoms with Crippen molar-refractivity contribution in [1.82, 2.24) is 0 Å². The van der Waals surface area contributed by atoms with E-state index >= 15 is 0 Å². The van der Waals surface area contributed by atoms with Gasteiger partial charge in [-0.15, -0.1) is 5.10 Å². The molecular weight excluding hydrogens is 614 g/mol. The molecule has 0 N–H and O–H groups in total. The third-order valence-electron chi connectivity index (χ3n) is 8.95. The van der Waals surface area contributed by atoms with Crippen molar-refractivity contribution in [3.8, 4) is 0 Å². The highest BCUT2D eigenvalue weighted by Gasteiger charge is 2.57. The second kappa shape index (κ2) is 12.2. The molecule has 0 aliphatic carbocycles. The molecule has 0 bridgehead atoms. The number of carbonyl (C=O) groups excluding carboxylic acids is 4. The highest BCUT2D eigenvalue weighted by atomic mass is 16.2. The SMILES string of the molecule is O=C1CC(C2C(=O)N(c3ccccc3)C(=O)/C2=C2\N(c3ccccc3)N=C(c3ccccc3)N2c2ccccc2)C(=O)N1c1ccccc1. The van der Waals surface area contributed by atoms with E-state index in [1.807, 2.05) is 95.9 Å². The first-order chi connectivity index (χ1) is 24.0. The Balaban J connectivity index is 1.39. The van der Waals surface area contributed by atoms with Crippen molar-refractivity contribution < 1.29 is 19.2 Å². The molecule has 2 saturated heterocycles. The van der Waals surface area contributed by atoms with Crippen LogP contribution in [0.1, 0.15) is 12.0 Å². The molecule has 238 valence electrons. The first kappa shape index (κ1) is 29.8. The van der Waals surface area contributed by atoms with E-state index < -0.39 is 35.5 Å². The predicted molar refractivity (Wildman–Crippen MR) is 187 cm³/mol. The summed E-state index contributed by atoms with van der Waals surface area (Å²) in [6.45, 7) is 0. The van der Waals surface area contributed by atoms with Crippen LogP contribution in [0.15, 0.2) is 168 Å². The maximum absolute atomic E-state index is 14.9. The standard InChI is InChI=1S/C40H29N5O4/c46-33-26-32(38(47)42(33)28-18-8-2-9-19-28)34-35(40(49)44(39(34)48)30-22-12-4-13-23-30)37-43(29-20-10-3-11-21-29)36(27-16-6-1-7-17-27)41-45(37)31-24-14-5-15-25-31/h1-25,32,34H,26H2/b37-35-. The van der Waals surface area contributed by atoms with Crippen molar-refractivity contribution in [1.29, 1.82) is 0 Å². The van der Waals surface area contributed by atoms with E-state index in [2.05, 4.69) is 0 Å². The zero-order chi connectivity index (χ0) is 33.5. The Labute approximate surface area is 282 Å². The molecule has 3 aliphatic rings. The van der Waals surface area contributed by atoms with Crippen LogP contribution in [-0.2, 0) is 19.2 Å². The molecule has 8 rings (SSSR count). The molecule has 0 saturated carbocycles. The van der Waals surface area contributed by atoms with E-state index in [9.17, 15) is 19.2 Å². The van der Waals surface area contributed by atoms with Gasteiger partial charge >= 0.3 is 0 Å². The number of benzene rings is 5. The number of para-hydroxylation sites is 4. The summed E-state index contributed by atoms with van der Waals surface area (Å²) in [4.78, 5) is 61.6. The molecule has 49 heavy (non-hydrogen) atoms. The van der Waals surface area contributed by atoms with Gasteiger partial charge in [-0.25, -0.2) is 9.91 Å². The number of carbonyl (C=O) groups is 4. The second-order valence-corrected chi connectivity index (χ2v) is 11.9. The summed E-state index contributed by atoms with van der Waals surface area (Å²) in [6, 6.07) is 45.7. The van der Waals surface area contributed by atoms with Gasteiger partial charge in [0.25, 0.3) is 5.91 Å². The molecule has 0 spiro atoms. The van der Waals surface area contributed by atoms with Crippen LogP contribution in [0.25, 0.3) is 0 Å². The molecule has 0 aromatic heterocycles. The Morgan fingerprint density at radius 1 is 0.490 bits per heavy atom. The molecule has 3 heterocycles. The van der Waals surface area contributed by atoms with E-state index in [1.54, 1.807) is 65.7 Å². The number of hydrogen-bond acceptors (Lipinski definition) is 7. The van der Waals surface area contributed by atoms with Crippen LogP contribution in [-0.4, -0.2) is 29.5 Å². The quantitative estimate of drug-likeness (QED) is 0.158. The average Bonchev–Trinajstić information content (AvgIpc) is 3.77. The lowest BCUT2D eigenvalue weighted by molar-refractivity contribution is -0.128. The Bertz CT molecular complexity index is 2140. The smallest absolute Gasteiger partial charge is 0.265 e. The van der Waals surface area contributed by atoms with Gasteiger partial charge in [0.1, 0.15) is 0 Å². The summed E-state index contributed by atoms with van der Waals surface area (Å²) < 4.78 is 0. The van der Waals surface area contributed by atoms with Crippen LogP contribution in [0.3, 0.4) is 0 Å². The van der Waals surface area contributed by atoms with E-state index in [4.69, 9.17) is 5.10 Å². The third-order valence-corrected chi connectivity index (χ3v) is 8.95. The molecular formula is C40H29N5O4. The monoisotopic (exact) mass is 643 g/mol. The summed E-state index contributed by atoms with van der Waals surface area (Å²) in [5.74, 6) is -3.69. The van der Waals surface area contributed by atoms with Gasteiger partial charge < -0.3 is 0 Å². The van der Waals surface area contributed by atoms with Crippen molar-refractivity contribution in [2.45, 2.75) is 6.42 Å². The lowest BCUT2D eigenvalue weighted by atomic mass is 9.85. The number of hydrazone groups is 1. The minimum Gasteiger partial charge on any atom is -0.277 e. The van der Waals surface area contributed by atoms with Crippen LogP contribution in [0, 0.1) is 11.8 Å². The first-order valence-corrected chi connectivity index (χ1v) is 16.0. The lowest BCUT2D eigenvalue weighted by Gasteiger charge is -2.28. The Morgan fingerprint density at radius 3 is 1.47 bits per heavy atom. The number of anilines is 4. The summed E-state index contributed by atoms with van der Waals surface area (Å²) in [5, 5.41) is 6.76. The summed E-state index contributed by atoms with van der Waals surface area (Å²) >= 11 is 0. The molecule has 5 aromatic rings. The molecule has 3 aliphatic heterocycles. The summed E-state index contributed by atoms with van der Waals surface area (Å²) in [5.41, 5.74) is 2.99. The number of rotatable bonds is 6. The van der Waals surface area contributed by atoms with Gasteiger partial charge in [0.2, 0.25) is 17.7 Å². The van der Waals surface area contributed by atoms with Crippen LogP contribution in [0.5, 0.6) is 0 Å². The number of nitrogens with zero attached hydrogens (tertiary/aromatic N) is 5. The molecule has 2 fully saturated rings. The fraction of sp³-hybridized carbons (Fsp3) is 0.0750. The Kier molecular flexibility index (Phi) is 7.41. The van der Waals surface area contributed by atoms with Crippen LogP contribution >= 0.6 is 0 Å². The second-order valence-electron chi connectivity index (χ2n) is 11.9. The predicted octanol–water partition coefficient (Wildman–Crippen LogP) is 6.36. The molecule has 4 amide bonds. The molecule has 2 atom stereocenters. The van der Waals surface area contributed by atoms with E-state index in [0.717, 1.165) is 15.4 Å². The van der Waals surface area contributed by atoms with E-state index in [1.165, 1.54) is 0 Å². The molecule has 5 aromatic carbocycles. The first-order valence-electron chi connectivity index (χ1n) is 16.0. The number of imide groups is 2. The maximum atomic E-state index is 14.9. The zero-order valence-electron chi connectivity index (χ0n) is 26.2. The van der Waals surface area contributed by atoms with Crippen LogP contribution < -0.4 is 19.7 Å². The van der Waals surface area contributed by atoms with Crippen molar-refractivity contribution in [3.05, 3.63) is 169 Å². The van der Waals surface area contributed by atoms with Gasteiger partial charge in [-0.2, -0.15) is 0 Å². The van der Waals surface area contributed by atoms with Gasteiger partial charge in [0, 0.05) is 17.7 Å². The van der Waals surface area contributed by atoms with Gasteiger partial charge in [-0.05, 0) is 48.5 Å². The van der Waals surface area contributed by atoms with Gasteiger partial charge in [-0.1, -0.05) is 103 Å². The Hall–Kier alpha value is -6.61.